The van der Waals surface area contributed by atoms with Gasteiger partial charge in [0.05, 0.1) is 0 Å². The molecule has 77 valence electrons. The summed E-state index contributed by atoms with van der Waals surface area (Å²) in [5, 5.41) is 0. The summed E-state index contributed by atoms with van der Waals surface area (Å²) in [6.45, 7) is 8.63. The summed E-state index contributed by atoms with van der Waals surface area (Å²) < 4.78 is 0. The lowest BCUT2D eigenvalue weighted by atomic mass is 9.92. The van der Waals surface area contributed by atoms with E-state index in [0.29, 0.717) is 5.92 Å². The van der Waals surface area contributed by atoms with E-state index in [-0.39, 0.29) is 0 Å². The van der Waals surface area contributed by atoms with Crippen molar-refractivity contribution in [2.24, 2.45) is 0 Å². The normalized spacial score (nSPS) is 12.8. The van der Waals surface area contributed by atoms with E-state index in [2.05, 4.69) is 45.0 Å². The Labute approximate surface area is 88.4 Å². The molecule has 1 rings (SSSR count). The third-order valence-electron chi connectivity index (χ3n) is 2.83. The second kappa shape index (κ2) is 5.85. The number of hydrogen-bond acceptors (Lipinski definition) is 0. The van der Waals surface area contributed by atoms with Crippen LogP contribution in [-0.4, -0.2) is 0 Å². The fraction of sp³-hybridized carbons (Fsp3) is 0.500. The maximum absolute atomic E-state index is 4.07. The lowest BCUT2D eigenvalue weighted by Gasteiger charge is -2.13. The van der Waals surface area contributed by atoms with Gasteiger partial charge in [0, 0.05) is 0 Å². The molecule has 0 aliphatic carbocycles. The van der Waals surface area contributed by atoms with Crippen LogP contribution in [0.3, 0.4) is 0 Å². The topological polar surface area (TPSA) is 0 Å². The van der Waals surface area contributed by atoms with E-state index in [1.807, 2.05) is 0 Å². The highest BCUT2D eigenvalue weighted by Gasteiger charge is 2.06. The van der Waals surface area contributed by atoms with Crippen LogP contribution in [0.25, 0.3) is 0 Å². The molecule has 0 heterocycles. The maximum Gasteiger partial charge on any atom is -0.0188 e. The largest absolute Gasteiger partial charge is 0.0654 e. The quantitative estimate of drug-likeness (QED) is 0.596. The van der Waals surface area contributed by atoms with Gasteiger partial charge in [-0.25, -0.2) is 0 Å². The Morgan fingerprint density at radius 1 is 1.21 bits per heavy atom. The SMILES string of the molecule is [CH2]c1ccccc1C(C)CCCCC. The molecule has 0 N–H and O–H groups in total. The predicted molar refractivity (Wildman–Crippen MR) is 63.5 cm³/mol. The van der Waals surface area contributed by atoms with Crippen molar-refractivity contribution < 1.29 is 0 Å². The molecule has 0 aromatic heterocycles. The lowest BCUT2D eigenvalue weighted by molar-refractivity contribution is 0.597. The van der Waals surface area contributed by atoms with Crippen LogP contribution in [0.2, 0.25) is 0 Å². The first-order chi connectivity index (χ1) is 6.75. The number of rotatable bonds is 5. The highest BCUT2D eigenvalue weighted by molar-refractivity contribution is 5.31. The molecule has 0 saturated carbocycles. The van der Waals surface area contributed by atoms with Crippen LogP contribution >= 0.6 is 0 Å². The molecule has 0 heteroatoms. The zero-order chi connectivity index (χ0) is 10.4. The average Bonchev–Trinajstić information content (AvgIpc) is 2.18. The molecule has 0 nitrogen and oxygen atoms in total. The fourth-order valence-corrected chi connectivity index (χ4v) is 1.87. The van der Waals surface area contributed by atoms with Gasteiger partial charge >= 0.3 is 0 Å². The molecule has 1 radical (unpaired) electrons. The van der Waals surface area contributed by atoms with Crippen LogP contribution < -0.4 is 0 Å². The Kier molecular flexibility index (Phi) is 4.72. The average molecular weight is 189 g/mol. The smallest absolute Gasteiger partial charge is 0.0188 e. The lowest BCUT2D eigenvalue weighted by Crippen LogP contribution is -1.96. The van der Waals surface area contributed by atoms with Gasteiger partial charge in [-0.3, -0.25) is 0 Å². The molecule has 0 saturated heterocycles. The van der Waals surface area contributed by atoms with E-state index < -0.39 is 0 Å². The molecule has 0 aliphatic heterocycles. The van der Waals surface area contributed by atoms with Crippen molar-refractivity contribution in [3.05, 3.63) is 42.3 Å². The van der Waals surface area contributed by atoms with E-state index in [1.165, 1.54) is 36.8 Å². The summed E-state index contributed by atoms with van der Waals surface area (Å²) >= 11 is 0. The minimum Gasteiger partial charge on any atom is -0.0654 e. The van der Waals surface area contributed by atoms with Gasteiger partial charge in [0.25, 0.3) is 0 Å². The molecule has 1 unspecified atom stereocenters. The number of unbranched alkanes of at least 4 members (excludes halogenated alkanes) is 2. The van der Waals surface area contributed by atoms with Gasteiger partial charge in [0.1, 0.15) is 0 Å². The van der Waals surface area contributed by atoms with Gasteiger partial charge < -0.3 is 0 Å². The number of benzene rings is 1. The van der Waals surface area contributed by atoms with Crippen molar-refractivity contribution in [3.63, 3.8) is 0 Å². The van der Waals surface area contributed by atoms with Gasteiger partial charge in [-0.1, -0.05) is 57.4 Å². The minimum atomic E-state index is 0.662. The molecule has 0 aliphatic rings. The zero-order valence-electron chi connectivity index (χ0n) is 9.42. The predicted octanol–water partition coefficient (Wildman–Crippen LogP) is 4.55. The van der Waals surface area contributed by atoms with Crippen molar-refractivity contribution in [2.75, 3.05) is 0 Å². The fourth-order valence-electron chi connectivity index (χ4n) is 1.87. The molecular formula is C14H21. The van der Waals surface area contributed by atoms with Crippen molar-refractivity contribution in [3.8, 4) is 0 Å². The molecule has 0 spiro atoms. The summed E-state index contributed by atoms with van der Waals surface area (Å²) in [6, 6.07) is 8.48. The molecule has 1 atom stereocenters. The molecule has 0 fully saturated rings. The van der Waals surface area contributed by atoms with Gasteiger partial charge in [-0.2, -0.15) is 0 Å². The third-order valence-corrected chi connectivity index (χ3v) is 2.83. The van der Waals surface area contributed by atoms with Crippen LogP contribution in [-0.2, 0) is 0 Å². The second-order valence-corrected chi connectivity index (χ2v) is 4.10. The Balaban J connectivity index is 2.51. The van der Waals surface area contributed by atoms with Crippen molar-refractivity contribution >= 4 is 0 Å². The minimum absolute atomic E-state index is 0.662. The van der Waals surface area contributed by atoms with Gasteiger partial charge in [0.15, 0.2) is 0 Å². The highest BCUT2D eigenvalue weighted by Crippen LogP contribution is 2.24. The van der Waals surface area contributed by atoms with Crippen molar-refractivity contribution in [1.29, 1.82) is 0 Å². The van der Waals surface area contributed by atoms with Crippen LogP contribution in [0.5, 0.6) is 0 Å². The van der Waals surface area contributed by atoms with Crippen LogP contribution in [0.1, 0.15) is 56.6 Å². The van der Waals surface area contributed by atoms with E-state index in [0.717, 1.165) is 0 Å². The Bertz CT molecular complexity index is 262. The van der Waals surface area contributed by atoms with E-state index in [4.69, 9.17) is 0 Å². The summed E-state index contributed by atoms with van der Waals surface area (Å²) in [6.07, 6.45) is 5.29. The van der Waals surface area contributed by atoms with E-state index >= 15 is 0 Å². The van der Waals surface area contributed by atoms with Crippen LogP contribution in [0.4, 0.5) is 0 Å². The summed E-state index contributed by atoms with van der Waals surface area (Å²) in [7, 11) is 0. The molecule has 14 heavy (non-hydrogen) atoms. The first kappa shape index (κ1) is 11.3. The van der Waals surface area contributed by atoms with Gasteiger partial charge in [0.2, 0.25) is 0 Å². The number of hydrogen-bond donors (Lipinski definition) is 0. The maximum atomic E-state index is 4.07. The monoisotopic (exact) mass is 189 g/mol. The standard InChI is InChI=1S/C14H21/c1-4-5-6-9-12(2)14-11-8-7-10-13(14)3/h7-8,10-12H,3-6,9H2,1-2H3. The van der Waals surface area contributed by atoms with Crippen LogP contribution in [0.15, 0.2) is 24.3 Å². The molecular weight excluding hydrogens is 168 g/mol. The second-order valence-electron chi connectivity index (χ2n) is 4.10. The molecule has 0 bridgehead atoms. The summed E-state index contributed by atoms with van der Waals surface area (Å²) in [4.78, 5) is 0. The first-order valence-electron chi connectivity index (χ1n) is 5.66. The first-order valence-corrected chi connectivity index (χ1v) is 5.66. The van der Waals surface area contributed by atoms with E-state index in [1.54, 1.807) is 0 Å². The summed E-state index contributed by atoms with van der Waals surface area (Å²) in [5.74, 6) is 0.662. The Hall–Kier alpha value is -0.780. The Morgan fingerprint density at radius 3 is 2.57 bits per heavy atom. The van der Waals surface area contributed by atoms with Crippen LogP contribution in [0, 0.1) is 6.92 Å². The zero-order valence-corrected chi connectivity index (χ0v) is 9.42. The Morgan fingerprint density at radius 2 is 1.93 bits per heavy atom. The van der Waals surface area contributed by atoms with Gasteiger partial charge in [-0.05, 0) is 30.4 Å². The summed E-state index contributed by atoms with van der Waals surface area (Å²) in [5.41, 5.74) is 2.61. The molecule has 0 amide bonds. The van der Waals surface area contributed by atoms with E-state index in [9.17, 15) is 0 Å². The third kappa shape index (κ3) is 3.17. The van der Waals surface area contributed by atoms with Gasteiger partial charge in [-0.15, -0.1) is 0 Å². The van der Waals surface area contributed by atoms with Crippen molar-refractivity contribution in [1.82, 2.24) is 0 Å². The molecule has 1 aromatic carbocycles. The van der Waals surface area contributed by atoms with Crippen molar-refractivity contribution in [2.45, 2.75) is 45.4 Å². The highest BCUT2D eigenvalue weighted by atomic mass is 14.1. The molecule has 1 aromatic rings.